The fourth-order valence-electron chi connectivity index (χ4n) is 2.32. The Hall–Kier alpha value is -2.81. The number of carbonyl (C=O) groups excluding carboxylic acids is 1. The highest BCUT2D eigenvalue weighted by molar-refractivity contribution is 6.33. The second-order valence-corrected chi connectivity index (χ2v) is 5.91. The molecule has 0 unspecified atom stereocenters. The monoisotopic (exact) mass is 383 g/mol. The highest BCUT2D eigenvalue weighted by Crippen LogP contribution is 2.28. The van der Waals surface area contributed by atoms with Gasteiger partial charge in [-0.3, -0.25) is 14.2 Å². The van der Waals surface area contributed by atoms with Gasteiger partial charge in [0.25, 0.3) is 5.91 Å². The van der Waals surface area contributed by atoms with E-state index in [0.29, 0.717) is 12.6 Å². The number of anilines is 1. The van der Waals surface area contributed by atoms with Gasteiger partial charge >= 0.3 is 6.18 Å². The molecule has 1 N–H and O–H groups in total. The van der Waals surface area contributed by atoms with Gasteiger partial charge in [-0.25, -0.2) is 0 Å². The van der Waals surface area contributed by atoms with E-state index in [2.05, 4.69) is 15.5 Å². The molecule has 0 atom stereocenters. The van der Waals surface area contributed by atoms with Crippen molar-refractivity contribution in [2.75, 3.05) is 5.32 Å². The van der Waals surface area contributed by atoms with Gasteiger partial charge in [0.15, 0.2) is 11.5 Å². The van der Waals surface area contributed by atoms with E-state index in [1.54, 1.807) is 0 Å². The van der Waals surface area contributed by atoms with Crippen LogP contribution in [0.5, 0.6) is 0 Å². The molecular weight excluding hydrogens is 371 g/mol. The van der Waals surface area contributed by atoms with Crippen LogP contribution in [-0.2, 0) is 19.8 Å². The average molecular weight is 384 g/mol. The Morgan fingerprint density at radius 1 is 1.23 bits per heavy atom. The number of hydrogen-bond acceptors (Lipinski definition) is 3. The summed E-state index contributed by atoms with van der Waals surface area (Å²) in [5.74, 6) is -0.732. The number of hydrogen-bond donors (Lipinski definition) is 1. The van der Waals surface area contributed by atoms with Crippen LogP contribution in [0.2, 0.25) is 5.02 Å². The number of alkyl halides is 3. The number of amides is 1. The highest BCUT2D eigenvalue weighted by Gasteiger charge is 2.35. The summed E-state index contributed by atoms with van der Waals surface area (Å²) in [6, 6.07) is 10.1. The standard InChI is InChI=1S/C16H13ClF3N5O/c1-24-12(7-13(22-24)16(18,19)20)15(26)21-14-11(17)9-25(23-14)8-10-5-3-2-4-6-10/h2-7,9H,8H2,1H3,(H,21,23,26). The summed E-state index contributed by atoms with van der Waals surface area (Å²) in [5, 5.41) is 10.0. The lowest BCUT2D eigenvalue weighted by Gasteiger charge is -2.03. The minimum absolute atomic E-state index is 0.0577. The first-order chi connectivity index (χ1) is 12.2. The summed E-state index contributed by atoms with van der Waals surface area (Å²) < 4.78 is 40.5. The van der Waals surface area contributed by atoms with Crippen LogP contribution in [0, 0.1) is 0 Å². The summed E-state index contributed by atoms with van der Waals surface area (Å²) in [6.07, 6.45) is -3.11. The Bertz CT molecular complexity index is 933. The van der Waals surface area contributed by atoms with E-state index >= 15 is 0 Å². The zero-order valence-corrected chi connectivity index (χ0v) is 14.2. The number of aryl methyl sites for hydroxylation is 1. The molecule has 0 radical (unpaired) electrons. The van der Waals surface area contributed by atoms with Crippen molar-refractivity contribution in [1.82, 2.24) is 19.6 Å². The first-order valence-corrected chi connectivity index (χ1v) is 7.81. The van der Waals surface area contributed by atoms with Crippen LogP contribution < -0.4 is 5.32 Å². The molecule has 3 aromatic rings. The van der Waals surface area contributed by atoms with Gasteiger partial charge in [0, 0.05) is 19.3 Å². The molecule has 0 spiro atoms. The molecule has 0 aliphatic rings. The summed E-state index contributed by atoms with van der Waals surface area (Å²) in [4.78, 5) is 12.2. The Balaban J connectivity index is 1.77. The van der Waals surface area contributed by atoms with Crippen molar-refractivity contribution in [2.45, 2.75) is 12.7 Å². The zero-order chi connectivity index (χ0) is 18.9. The van der Waals surface area contributed by atoms with Gasteiger partial charge in [-0.1, -0.05) is 41.9 Å². The smallest absolute Gasteiger partial charge is 0.302 e. The van der Waals surface area contributed by atoms with Crippen LogP contribution in [0.25, 0.3) is 0 Å². The van der Waals surface area contributed by atoms with Crippen molar-refractivity contribution in [2.24, 2.45) is 7.05 Å². The SMILES string of the molecule is Cn1nc(C(F)(F)F)cc1C(=O)Nc1nn(Cc2ccccc2)cc1Cl. The summed E-state index contributed by atoms with van der Waals surface area (Å²) in [5.41, 5.74) is -0.428. The maximum Gasteiger partial charge on any atom is 0.435 e. The molecular formula is C16H13ClF3N5O. The predicted octanol–water partition coefficient (Wildman–Crippen LogP) is 3.59. The third-order valence-corrected chi connectivity index (χ3v) is 3.82. The van der Waals surface area contributed by atoms with Crippen LogP contribution in [0.15, 0.2) is 42.6 Å². The second-order valence-electron chi connectivity index (χ2n) is 5.50. The van der Waals surface area contributed by atoms with Gasteiger partial charge < -0.3 is 5.32 Å². The number of carbonyl (C=O) groups is 1. The van der Waals surface area contributed by atoms with E-state index in [4.69, 9.17) is 11.6 Å². The van der Waals surface area contributed by atoms with Gasteiger partial charge in [0.1, 0.15) is 10.7 Å². The van der Waals surface area contributed by atoms with E-state index in [-0.39, 0.29) is 16.5 Å². The Kier molecular flexibility index (Phi) is 4.73. The Morgan fingerprint density at radius 3 is 2.54 bits per heavy atom. The number of rotatable bonds is 4. The molecule has 26 heavy (non-hydrogen) atoms. The van der Waals surface area contributed by atoms with Crippen LogP contribution in [-0.4, -0.2) is 25.5 Å². The molecule has 3 rings (SSSR count). The number of nitrogens with zero attached hydrogens (tertiary/aromatic N) is 4. The Labute approximate surface area is 151 Å². The maximum absolute atomic E-state index is 12.7. The topological polar surface area (TPSA) is 64.7 Å². The van der Waals surface area contributed by atoms with Gasteiger partial charge in [0.2, 0.25) is 0 Å². The Morgan fingerprint density at radius 2 is 1.92 bits per heavy atom. The normalized spacial score (nSPS) is 11.6. The molecule has 0 bridgehead atoms. The lowest BCUT2D eigenvalue weighted by molar-refractivity contribution is -0.141. The first-order valence-electron chi connectivity index (χ1n) is 7.43. The molecule has 0 aliphatic heterocycles. The minimum atomic E-state index is -4.63. The fourth-order valence-corrected chi connectivity index (χ4v) is 2.52. The maximum atomic E-state index is 12.7. The predicted molar refractivity (Wildman–Crippen MR) is 88.9 cm³/mol. The highest BCUT2D eigenvalue weighted by atomic mass is 35.5. The number of halogens is 4. The number of aromatic nitrogens is 4. The zero-order valence-electron chi connectivity index (χ0n) is 13.5. The molecule has 2 aromatic heterocycles. The van der Waals surface area contributed by atoms with Gasteiger partial charge in [0.05, 0.1) is 6.54 Å². The molecule has 136 valence electrons. The minimum Gasteiger partial charge on any atom is -0.302 e. The first kappa shape index (κ1) is 18.0. The van der Waals surface area contributed by atoms with E-state index < -0.39 is 17.8 Å². The number of benzene rings is 1. The van der Waals surface area contributed by atoms with Crippen LogP contribution in [0.3, 0.4) is 0 Å². The van der Waals surface area contributed by atoms with Gasteiger partial charge in [-0.05, 0) is 5.56 Å². The van der Waals surface area contributed by atoms with Crippen LogP contribution >= 0.6 is 11.6 Å². The largest absolute Gasteiger partial charge is 0.435 e. The lowest BCUT2D eigenvalue weighted by atomic mass is 10.2. The van der Waals surface area contributed by atoms with Crippen molar-refractivity contribution >= 4 is 23.3 Å². The molecule has 10 heteroatoms. The molecule has 1 aromatic carbocycles. The van der Waals surface area contributed by atoms with Gasteiger partial charge in [-0.15, -0.1) is 0 Å². The van der Waals surface area contributed by atoms with Crippen LogP contribution in [0.4, 0.5) is 19.0 Å². The van der Waals surface area contributed by atoms with Crippen molar-refractivity contribution in [3.63, 3.8) is 0 Å². The second kappa shape index (κ2) is 6.83. The third-order valence-electron chi connectivity index (χ3n) is 3.54. The van der Waals surface area contributed by atoms with Crippen molar-refractivity contribution in [1.29, 1.82) is 0 Å². The molecule has 0 aliphatic carbocycles. The summed E-state index contributed by atoms with van der Waals surface area (Å²) >= 11 is 6.06. The summed E-state index contributed by atoms with van der Waals surface area (Å²) in [6.45, 7) is 0.431. The van der Waals surface area contributed by atoms with E-state index in [1.807, 2.05) is 30.3 Å². The quantitative estimate of drug-likeness (QED) is 0.748. The van der Waals surface area contributed by atoms with Crippen LogP contribution in [0.1, 0.15) is 21.7 Å². The fraction of sp³-hybridized carbons (Fsp3) is 0.188. The average Bonchev–Trinajstić information content (AvgIpc) is 3.11. The molecule has 2 heterocycles. The molecule has 0 saturated heterocycles. The van der Waals surface area contributed by atoms with Crippen molar-refractivity contribution in [3.05, 3.63) is 64.6 Å². The molecule has 0 saturated carbocycles. The van der Waals surface area contributed by atoms with Gasteiger partial charge in [-0.2, -0.15) is 23.4 Å². The van der Waals surface area contributed by atoms with Crippen molar-refractivity contribution in [3.8, 4) is 0 Å². The van der Waals surface area contributed by atoms with E-state index in [1.165, 1.54) is 17.9 Å². The molecule has 1 amide bonds. The third kappa shape index (κ3) is 3.88. The van der Waals surface area contributed by atoms with E-state index in [9.17, 15) is 18.0 Å². The molecule has 0 fully saturated rings. The van der Waals surface area contributed by atoms with E-state index in [0.717, 1.165) is 10.2 Å². The number of nitrogens with one attached hydrogen (secondary N) is 1. The lowest BCUT2D eigenvalue weighted by Crippen LogP contribution is -2.16. The summed E-state index contributed by atoms with van der Waals surface area (Å²) in [7, 11) is 1.25. The molecule has 6 nitrogen and oxygen atoms in total. The van der Waals surface area contributed by atoms with Crippen molar-refractivity contribution < 1.29 is 18.0 Å².